The Morgan fingerprint density at radius 2 is 1.85 bits per heavy atom. The summed E-state index contributed by atoms with van der Waals surface area (Å²) in [4.78, 5) is 16.9. The molecule has 0 fully saturated rings. The summed E-state index contributed by atoms with van der Waals surface area (Å²) in [6, 6.07) is 10.8. The van der Waals surface area contributed by atoms with Crippen molar-refractivity contribution in [2.75, 3.05) is 27.9 Å². The lowest BCUT2D eigenvalue weighted by Gasteiger charge is -2.10. The molecule has 0 saturated heterocycles. The molecule has 2 rings (SSSR count). The van der Waals surface area contributed by atoms with E-state index in [0.717, 1.165) is 5.56 Å². The molecular formula is C19H21ClN2O5. The van der Waals surface area contributed by atoms with Gasteiger partial charge in [0.05, 0.1) is 32.6 Å². The van der Waals surface area contributed by atoms with E-state index in [1.807, 2.05) is 24.3 Å². The second-order valence-corrected chi connectivity index (χ2v) is 5.74. The Bertz CT molecular complexity index is 811. The van der Waals surface area contributed by atoms with E-state index in [-0.39, 0.29) is 12.5 Å². The first-order chi connectivity index (χ1) is 13.1. The summed E-state index contributed by atoms with van der Waals surface area (Å²) in [5.41, 5.74) is 1.52. The average Bonchev–Trinajstić information content (AvgIpc) is 2.69. The number of hydrogen-bond donors (Lipinski definition) is 1. The molecule has 144 valence electrons. The number of methoxy groups -OCH3 is 3. The molecule has 0 spiro atoms. The lowest BCUT2D eigenvalue weighted by atomic mass is 10.2. The molecule has 0 aliphatic carbocycles. The number of carbonyl (C=O) groups excluding carboxylic acids is 1. The summed E-state index contributed by atoms with van der Waals surface area (Å²) < 4.78 is 15.6. The third kappa shape index (κ3) is 5.79. The van der Waals surface area contributed by atoms with Gasteiger partial charge >= 0.3 is 0 Å². The van der Waals surface area contributed by atoms with Gasteiger partial charge in [-0.25, -0.2) is 0 Å². The van der Waals surface area contributed by atoms with Gasteiger partial charge in [-0.05, 0) is 18.2 Å². The Kier molecular flexibility index (Phi) is 7.76. The van der Waals surface area contributed by atoms with E-state index >= 15 is 0 Å². The highest BCUT2D eigenvalue weighted by molar-refractivity contribution is 6.32. The molecule has 7 nitrogen and oxygen atoms in total. The molecule has 0 saturated carbocycles. The minimum absolute atomic E-state index is 0.216. The quantitative estimate of drug-likeness (QED) is 0.524. The highest BCUT2D eigenvalue weighted by Gasteiger charge is 2.10. The van der Waals surface area contributed by atoms with Crippen LogP contribution in [0.1, 0.15) is 11.1 Å². The Hall–Kier alpha value is -2.93. The summed E-state index contributed by atoms with van der Waals surface area (Å²) in [5, 5.41) is 6.90. The standard InChI is InChI=1S/C19H21ClN2O5/c1-24-16-7-5-4-6-14(16)11-21-18(23)12-27-22-10-13-8-15(20)19(26-3)17(9-13)25-2/h4-10H,11-12H2,1-3H3,(H,21,23)/b22-10-. The van der Waals surface area contributed by atoms with Crippen molar-refractivity contribution in [1.82, 2.24) is 5.32 Å². The second kappa shape index (κ2) is 10.3. The van der Waals surface area contributed by atoms with Crippen LogP contribution >= 0.6 is 11.6 Å². The van der Waals surface area contributed by atoms with Crippen LogP contribution in [0.2, 0.25) is 5.02 Å². The third-order valence-corrected chi connectivity index (χ3v) is 3.88. The maximum absolute atomic E-state index is 11.9. The van der Waals surface area contributed by atoms with E-state index in [9.17, 15) is 4.79 Å². The fraction of sp³-hybridized carbons (Fsp3) is 0.263. The van der Waals surface area contributed by atoms with Crippen LogP contribution in [0, 0.1) is 0 Å². The van der Waals surface area contributed by atoms with Crippen LogP contribution in [-0.4, -0.2) is 40.1 Å². The van der Waals surface area contributed by atoms with Crippen LogP contribution in [0.25, 0.3) is 0 Å². The van der Waals surface area contributed by atoms with Gasteiger partial charge in [0.25, 0.3) is 5.91 Å². The number of ether oxygens (including phenoxy) is 3. The molecule has 2 aromatic rings. The smallest absolute Gasteiger partial charge is 0.261 e. The minimum Gasteiger partial charge on any atom is -0.496 e. The maximum Gasteiger partial charge on any atom is 0.261 e. The first-order valence-corrected chi connectivity index (χ1v) is 8.42. The lowest BCUT2D eigenvalue weighted by molar-refractivity contribution is -0.125. The number of para-hydroxylation sites is 1. The molecule has 0 radical (unpaired) electrons. The van der Waals surface area contributed by atoms with Crippen molar-refractivity contribution in [2.45, 2.75) is 6.54 Å². The number of carbonyl (C=O) groups is 1. The second-order valence-electron chi connectivity index (χ2n) is 5.33. The van der Waals surface area contributed by atoms with E-state index < -0.39 is 0 Å². The highest BCUT2D eigenvalue weighted by Crippen LogP contribution is 2.35. The number of nitrogens with one attached hydrogen (secondary N) is 1. The summed E-state index contributed by atoms with van der Waals surface area (Å²) >= 11 is 6.12. The van der Waals surface area contributed by atoms with Crippen molar-refractivity contribution < 1.29 is 23.8 Å². The monoisotopic (exact) mass is 392 g/mol. The van der Waals surface area contributed by atoms with Crippen molar-refractivity contribution in [3.63, 3.8) is 0 Å². The Morgan fingerprint density at radius 1 is 1.11 bits per heavy atom. The van der Waals surface area contributed by atoms with E-state index in [0.29, 0.717) is 34.4 Å². The summed E-state index contributed by atoms with van der Waals surface area (Å²) in [5.74, 6) is 1.32. The highest BCUT2D eigenvalue weighted by atomic mass is 35.5. The molecule has 0 aliphatic rings. The van der Waals surface area contributed by atoms with E-state index in [1.165, 1.54) is 20.4 Å². The van der Waals surface area contributed by atoms with Crippen LogP contribution < -0.4 is 19.5 Å². The predicted octanol–water partition coefficient (Wildman–Crippen LogP) is 3.03. The molecule has 1 amide bonds. The maximum atomic E-state index is 11.9. The number of amides is 1. The zero-order chi connectivity index (χ0) is 19.6. The van der Waals surface area contributed by atoms with Gasteiger partial charge in [-0.2, -0.15) is 0 Å². The van der Waals surface area contributed by atoms with Gasteiger partial charge in [0, 0.05) is 17.7 Å². The minimum atomic E-state index is -0.302. The van der Waals surface area contributed by atoms with E-state index in [2.05, 4.69) is 10.5 Å². The Balaban J connectivity index is 1.85. The summed E-state index contributed by atoms with van der Waals surface area (Å²) in [6.07, 6.45) is 1.43. The normalized spacial score (nSPS) is 10.5. The van der Waals surface area contributed by atoms with Gasteiger partial charge < -0.3 is 24.4 Å². The molecule has 1 N–H and O–H groups in total. The number of oxime groups is 1. The number of rotatable bonds is 9. The van der Waals surface area contributed by atoms with E-state index in [1.54, 1.807) is 19.2 Å². The number of benzene rings is 2. The van der Waals surface area contributed by atoms with Crippen molar-refractivity contribution >= 4 is 23.7 Å². The van der Waals surface area contributed by atoms with Crippen LogP contribution in [-0.2, 0) is 16.2 Å². The van der Waals surface area contributed by atoms with Crippen LogP contribution in [0.4, 0.5) is 0 Å². The molecular weight excluding hydrogens is 372 g/mol. The fourth-order valence-electron chi connectivity index (χ4n) is 2.30. The number of hydrogen-bond acceptors (Lipinski definition) is 6. The van der Waals surface area contributed by atoms with Crippen LogP contribution in [0.15, 0.2) is 41.6 Å². The zero-order valence-electron chi connectivity index (χ0n) is 15.3. The lowest BCUT2D eigenvalue weighted by Crippen LogP contribution is -2.26. The molecule has 2 aromatic carbocycles. The first kappa shape index (κ1) is 20.4. The molecule has 0 heterocycles. The van der Waals surface area contributed by atoms with Crippen LogP contribution in [0.3, 0.4) is 0 Å². The molecule has 0 aliphatic heterocycles. The topological polar surface area (TPSA) is 78.4 Å². The van der Waals surface area contributed by atoms with Crippen molar-refractivity contribution in [3.05, 3.63) is 52.5 Å². The number of halogens is 1. The summed E-state index contributed by atoms with van der Waals surface area (Å²) in [7, 11) is 4.60. The predicted molar refractivity (Wildman–Crippen MR) is 103 cm³/mol. The Morgan fingerprint density at radius 3 is 2.56 bits per heavy atom. The van der Waals surface area contributed by atoms with Gasteiger partial charge in [0.2, 0.25) is 0 Å². The van der Waals surface area contributed by atoms with Crippen molar-refractivity contribution in [3.8, 4) is 17.2 Å². The van der Waals surface area contributed by atoms with Crippen molar-refractivity contribution in [2.24, 2.45) is 5.16 Å². The average molecular weight is 393 g/mol. The SMILES string of the molecule is COc1ccccc1CNC(=O)CO/N=C\c1cc(Cl)c(OC)c(OC)c1. The molecule has 0 unspecified atom stereocenters. The van der Waals surface area contributed by atoms with Gasteiger partial charge in [0.1, 0.15) is 5.75 Å². The molecule has 0 atom stereocenters. The third-order valence-electron chi connectivity index (χ3n) is 3.60. The summed E-state index contributed by atoms with van der Waals surface area (Å²) in [6.45, 7) is 0.119. The van der Waals surface area contributed by atoms with Crippen molar-refractivity contribution in [1.29, 1.82) is 0 Å². The van der Waals surface area contributed by atoms with Gasteiger partial charge in [-0.1, -0.05) is 35.0 Å². The van der Waals surface area contributed by atoms with E-state index in [4.69, 9.17) is 30.6 Å². The van der Waals surface area contributed by atoms with Gasteiger partial charge in [0.15, 0.2) is 18.1 Å². The molecule has 27 heavy (non-hydrogen) atoms. The zero-order valence-corrected chi connectivity index (χ0v) is 16.1. The molecule has 8 heteroatoms. The van der Waals surface area contributed by atoms with Gasteiger partial charge in [-0.15, -0.1) is 0 Å². The fourth-order valence-corrected chi connectivity index (χ4v) is 2.60. The van der Waals surface area contributed by atoms with Gasteiger partial charge in [-0.3, -0.25) is 4.79 Å². The Labute approximate surface area is 162 Å². The van der Waals surface area contributed by atoms with Crippen LogP contribution in [0.5, 0.6) is 17.2 Å². The largest absolute Gasteiger partial charge is 0.496 e. The first-order valence-electron chi connectivity index (χ1n) is 8.04. The molecule has 0 aromatic heterocycles. The molecule has 0 bridgehead atoms. The number of nitrogens with zero attached hydrogens (tertiary/aromatic N) is 1.